The van der Waals surface area contributed by atoms with E-state index in [0.717, 1.165) is 11.1 Å². The van der Waals surface area contributed by atoms with Gasteiger partial charge in [-0.25, -0.2) is 4.79 Å². The third kappa shape index (κ3) is 7.81. The molecule has 208 valence electrons. The fourth-order valence-electron chi connectivity index (χ4n) is 5.12. The van der Waals surface area contributed by atoms with E-state index in [1.165, 1.54) is 7.11 Å². The van der Waals surface area contributed by atoms with Gasteiger partial charge in [0.25, 0.3) is 0 Å². The molecule has 2 N–H and O–H groups in total. The Labute approximate surface area is 229 Å². The fourth-order valence-corrected chi connectivity index (χ4v) is 5.12. The molecule has 9 nitrogen and oxygen atoms in total. The quantitative estimate of drug-likeness (QED) is 0.569. The van der Waals surface area contributed by atoms with Crippen molar-refractivity contribution in [3.05, 3.63) is 65.7 Å². The van der Waals surface area contributed by atoms with E-state index in [4.69, 9.17) is 9.47 Å². The van der Waals surface area contributed by atoms with E-state index in [-0.39, 0.29) is 5.91 Å². The van der Waals surface area contributed by atoms with Crippen LogP contribution in [0.1, 0.15) is 49.7 Å². The van der Waals surface area contributed by atoms with E-state index in [1.54, 1.807) is 4.90 Å². The van der Waals surface area contributed by atoms with Gasteiger partial charge in [0.2, 0.25) is 17.7 Å². The van der Waals surface area contributed by atoms with Crippen molar-refractivity contribution in [1.29, 1.82) is 0 Å². The van der Waals surface area contributed by atoms with Gasteiger partial charge in [0.15, 0.2) is 0 Å². The molecular formula is C30H37N3O6. The van der Waals surface area contributed by atoms with Gasteiger partial charge in [0.05, 0.1) is 13.7 Å². The molecular weight excluding hydrogens is 498 g/mol. The Hall–Kier alpha value is -3.88. The SMILES string of the molecule is COC(=O)[C@@H]1CCCCOc2cccc(c2)C[C@H](N2CCCC2=O)C(=O)N[C@@H](CCc2ccccc2)C(=O)N1. The smallest absolute Gasteiger partial charge is 0.328 e. The minimum atomic E-state index is -0.896. The van der Waals surface area contributed by atoms with Gasteiger partial charge in [0.1, 0.15) is 23.9 Å². The van der Waals surface area contributed by atoms with Crippen molar-refractivity contribution in [3.63, 3.8) is 0 Å². The molecule has 2 bridgehead atoms. The molecule has 0 saturated carbocycles. The first-order valence-corrected chi connectivity index (χ1v) is 13.7. The summed E-state index contributed by atoms with van der Waals surface area (Å²) in [7, 11) is 1.29. The van der Waals surface area contributed by atoms with Crippen LogP contribution in [0, 0.1) is 0 Å². The lowest BCUT2D eigenvalue weighted by Gasteiger charge is -2.30. The maximum atomic E-state index is 13.8. The summed E-state index contributed by atoms with van der Waals surface area (Å²) < 4.78 is 10.8. The number of hydrogen-bond acceptors (Lipinski definition) is 6. The monoisotopic (exact) mass is 535 g/mol. The number of aryl methyl sites for hydroxylation is 1. The highest BCUT2D eigenvalue weighted by molar-refractivity contribution is 5.94. The van der Waals surface area contributed by atoms with Crippen molar-refractivity contribution >= 4 is 23.7 Å². The van der Waals surface area contributed by atoms with E-state index in [1.807, 2.05) is 54.6 Å². The minimum absolute atomic E-state index is 0.0759. The van der Waals surface area contributed by atoms with Gasteiger partial charge < -0.3 is 25.0 Å². The van der Waals surface area contributed by atoms with E-state index in [2.05, 4.69) is 10.6 Å². The number of nitrogens with zero attached hydrogens (tertiary/aromatic N) is 1. The summed E-state index contributed by atoms with van der Waals surface area (Å²) in [6.45, 7) is 0.928. The fraction of sp³-hybridized carbons (Fsp3) is 0.467. The van der Waals surface area contributed by atoms with E-state index in [0.29, 0.717) is 70.3 Å². The first-order valence-electron chi connectivity index (χ1n) is 13.7. The molecule has 0 spiro atoms. The highest BCUT2D eigenvalue weighted by Gasteiger charge is 2.35. The number of fused-ring (bicyclic) bond motifs is 2. The molecule has 0 radical (unpaired) electrons. The Balaban J connectivity index is 1.63. The third-order valence-electron chi connectivity index (χ3n) is 7.27. The highest BCUT2D eigenvalue weighted by Crippen LogP contribution is 2.21. The third-order valence-corrected chi connectivity index (χ3v) is 7.27. The second kappa shape index (κ2) is 13.8. The van der Waals surface area contributed by atoms with Crippen LogP contribution in [0.3, 0.4) is 0 Å². The van der Waals surface area contributed by atoms with Crippen LogP contribution in [0.5, 0.6) is 5.75 Å². The van der Waals surface area contributed by atoms with Crippen LogP contribution >= 0.6 is 0 Å². The predicted molar refractivity (Wildman–Crippen MR) is 145 cm³/mol. The molecule has 0 unspecified atom stereocenters. The molecule has 1 saturated heterocycles. The van der Waals surface area contributed by atoms with Gasteiger partial charge in [-0.15, -0.1) is 0 Å². The number of carbonyl (C=O) groups excluding carboxylic acids is 4. The molecule has 2 aliphatic rings. The Morgan fingerprint density at radius 1 is 1.00 bits per heavy atom. The van der Waals surface area contributed by atoms with Crippen LogP contribution in [-0.4, -0.2) is 67.0 Å². The number of rotatable bonds is 5. The molecule has 2 heterocycles. The predicted octanol–water partition coefficient (Wildman–Crippen LogP) is 2.56. The van der Waals surface area contributed by atoms with Crippen molar-refractivity contribution in [2.75, 3.05) is 20.3 Å². The van der Waals surface area contributed by atoms with Gasteiger partial charge in [0, 0.05) is 19.4 Å². The van der Waals surface area contributed by atoms with Gasteiger partial charge >= 0.3 is 5.97 Å². The van der Waals surface area contributed by atoms with Crippen molar-refractivity contribution < 1.29 is 28.7 Å². The molecule has 2 aliphatic heterocycles. The van der Waals surface area contributed by atoms with Crippen molar-refractivity contribution in [2.24, 2.45) is 0 Å². The maximum absolute atomic E-state index is 13.8. The summed E-state index contributed by atoms with van der Waals surface area (Å²) in [5.74, 6) is -0.775. The van der Waals surface area contributed by atoms with Crippen molar-refractivity contribution in [1.82, 2.24) is 15.5 Å². The van der Waals surface area contributed by atoms with Crippen LogP contribution in [0.2, 0.25) is 0 Å². The zero-order valence-electron chi connectivity index (χ0n) is 22.4. The van der Waals surface area contributed by atoms with Crippen molar-refractivity contribution in [2.45, 2.75) is 69.5 Å². The number of hydrogen-bond donors (Lipinski definition) is 2. The normalized spacial score (nSPS) is 22.9. The molecule has 4 rings (SSSR count). The summed E-state index contributed by atoms with van der Waals surface area (Å²) in [5.41, 5.74) is 1.90. The van der Waals surface area contributed by atoms with Gasteiger partial charge in [-0.05, 0) is 61.8 Å². The zero-order chi connectivity index (χ0) is 27.6. The van der Waals surface area contributed by atoms with Gasteiger partial charge in [-0.3, -0.25) is 14.4 Å². The lowest BCUT2D eigenvalue weighted by atomic mass is 10.0. The number of benzene rings is 2. The topological polar surface area (TPSA) is 114 Å². The average molecular weight is 536 g/mol. The number of nitrogens with one attached hydrogen (secondary N) is 2. The molecule has 39 heavy (non-hydrogen) atoms. The standard InChI is InChI=1S/C30H37N3O6/c1-38-30(37)25-13-5-6-18-39-23-12-7-11-22(19-23)20-26(33-17-8-14-27(33)34)29(36)31-24(28(35)32-25)16-15-21-9-3-2-4-10-21/h2-4,7,9-12,19,24-26H,5-6,8,13-18,20H2,1H3,(H,31,36)(H,32,35)/t24-,25-,26-/m0/s1. The number of esters is 1. The van der Waals surface area contributed by atoms with Crippen LogP contribution in [0.15, 0.2) is 54.6 Å². The number of methoxy groups -OCH3 is 1. The van der Waals surface area contributed by atoms with Crippen molar-refractivity contribution in [3.8, 4) is 5.75 Å². The zero-order valence-corrected chi connectivity index (χ0v) is 22.4. The second-order valence-corrected chi connectivity index (χ2v) is 10.1. The maximum Gasteiger partial charge on any atom is 0.328 e. The Morgan fingerprint density at radius 2 is 1.82 bits per heavy atom. The number of ether oxygens (including phenoxy) is 2. The Morgan fingerprint density at radius 3 is 2.56 bits per heavy atom. The Bertz CT molecular complexity index is 1150. The molecule has 2 aromatic carbocycles. The molecule has 3 atom stereocenters. The van der Waals surface area contributed by atoms with Crippen LogP contribution in [0.4, 0.5) is 0 Å². The number of amides is 3. The van der Waals surface area contributed by atoms with Gasteiger partial charge in [-0.2, -0.15) is 0 Å². The van der Waals surface area contributed by atoms with Crippen LogP contribution < -0.4 is 15.4 Å². The summed E-state index contributed by atoms with van der Waals surface area (Å²) >= 11 is 0. The number of likely N-dealkylation sites (tertiary alicyclic amines) is 1. The van der Waals surface area contributed by atoms with Crippen LogP contribution in [-0.2, 0) is 36.8 Å². The first kappa shape index (κ1) is 28.1. The molecule has 9 heteroatoms. The van der Waals surface area contributed by atoms with E-state index >= 15 is 0 Å². The minimum Gasteiger partial charge on any atom is -0.494 e. The van der Waals surface area contributed by atoms with E-state index in [9.17, 15) is 19.2 Å². The lowest BCUT2D eigenvalue weighted by Crippen LogP contribution is -2.56. The summed E-state index contributed by atoms with van der Waals surface area (Å²) in [6.07, 6.45) is 3.97. The second-order valence-electron chi connectivity index (χ2n) is 10.1. The molecule has 0 aromatic heterocycles. The highest BCUT2D eigenvalue weighted by atomic mass is 16.5. The van der Waals surface area contributed by atoms with E-state index < -0.39 is 35.9 Å². The molecule has 0 aliphatic carbocycles. The molecule has 3 amide bonds. The lowest BCUT2D eigenvalue weighted by molar-refractivity contribution is -0.146. The van der Waals surface area contributed by atoms with Gasteiger partial charge in [-0.1, -0.05) is 42.5 Å². The summed E-state index contributed by atoms with van der Waals surface area (Å²) in [5, 5.41) is 5.73. The molecule has 2 aromatic rings. The Kier molecular flexibility index (Phi) is 9.94. The largest absolute Gasteiger partial charge is 0.494 e. The average Bonchev–Trinajstić information content (AvgIpc) is 3.38. The summed E-state index contributed by atoms with van der Waals surface area (Å²) in [6, 6.07) is 14.7. The number of carbonyl (C=O) groups is 4. The molecule has 1 fully saturated rings. The first-order chi connectivity index (χ1) is 18.9. The van der Waals surface area contributed by atoms with Crippen LogP contribution in [0.25, 0.3) is 0 Å². The summed E-state index contributed by atoms with van der Waals surface area (Å²) in [4.78, 5) is 54.1.